The van der Waals surface area contributed by atoms with Crippen molar-refractivity contribution in [2.75, 3.05) is 31.6 Å². The molecule has 0 radical (unpaired) electrons. The number of nitrogens with one attached hydrogen (secondary N) is 1. The minimum Gasteiger partial charge on any atom is -0.313 e. The molecule has 1 unspecified atom stereocenters. The minimum absolute atomic E-state index is 0.0527. The average molecular weight is 296 g/mol. The summed E-state index contributed by atoms with van der Waals surface area (Å²) >= 11 is 1.55. The molecule has 1 aliphatic rings. The lowest BCUT2D eigenvalue weighted by Gasteiger charge is -2.20. The molecule has 0 saturated carbocycles. The molecule has 0 spiro atoms. The lowest BCUT2D eigenvalue weighted by Crippen LogP contribution is -2.35. The van der Waals surface area contributed by atoms with Crippen LogP contribution in [0.4, 0.5) is 5.13 Å². The first-order chi connectivity index (χ1) is 9.60. The number of hydrogen-bond donors (Lipinski definition) is 1. The Balaban J connectivity index is 1.89. The van der Waals surface area contributed by atoms with Gasteiger partial charge in [-0.3, -0.25) is 14.6 Å². The smallest absolute Gasteiger partial charge is 0.225 e. The zero-order valence-electron chi connectivity index (χ0n) is 12.6. The fourth-order valence-corrected chi connectivity index (χ4v) is 3.54. The number of likely N-dealkylation sites (N-methyl/N-ethyl adjacent to an activating group) is 1. The molecule has 2 rings (SSSR count). The molecule has 1 fully saturated rings. The third-order valence-electron chi connectivity index (χ3n) is 3.59. The molecule has 0 bridgehead atoms. The summed E-state index contributed by atoms with van der Waals surface area (Å²) in [4.78, 5) is 20.1. The van der Waals surface area contributed by atoms with Gasteiger partial charge in [-0.25, -0.2) is 4.98 Å². The van der Waals surface area contributed by atoms with E-state index in [0.717, 1.165) is 30.5 Å². The van der Waals surface area contributed by atoms with Crippen molar-refractivity contribution in [2.24, 2.45) is 0 Å². The maximum atomic E-state index is 11.5. The maximum absolute atomic E-state index is 11.5. The largest absolute Gasteiger partial charge is 0.313 e. The van der Waals surface area contributed by atoms with E-state index >= 15 is 0 Å². The van der Waals surface area contributed by atoms with E-state index in [-0.39, 0.29) is 5.91 Å². The molecule has 1 saturated heterocycles. The van der Waals surface area contributed by atoms with Gasteiger partial charge in [-0.2, -0.15) is 0 Å². The molecule has 1 aromatic heterocycles. The Morgan fingerprint density at radius 3 is 3.00 bits per heavy atom. The van der Waals surface area contributed by atoms with Gasteiger partial charge in [0.05, 0.1) is 5.69 Å². The molecule has 2 heterocycles. The van der Waals surface area contributed by atoms with Gasteiger partial charge < -0.3 is 5.32 Å². The van der Waals surface area contributed by atoms with Crippen molar-refractivity contribution < 1.29 is 4.79 Å². The highest BCUT2D eigenvalue weighted by Crippen LogP contribution is 2.21. The van der Waals surface area contributed by atoms with Crippen LogP contribution in [0.5, 0.6) is 0 Å². The number of carbonyl (C=O) groups is 1. The standard InChI is InChI=1S/C14H24N4OS/c1-4-18(11(2)19)14-16-13(10-20-14)9-17(3)8-12-6-5-7-15-12/h10,12,15H,4-9H2,1-3H3. The highest BCUT2D eigenvalue weighted by molar-refractivity contribution is 7.14. The van der Waals surface area contributed by atoms with Crippen molar-refractivity contribution in [2.45, 2.75) is 39.3 Å². The summed E-state index contributed by atoms with van der Waals surface area (Å²) in [5, 5.41) is 6.37. The third-order valence-corrected chi connectivity index (χ3v) is 4.51. The average Bonchev–Trinajstić information content (AvgIpc) is 3.02. The van der Waals surface area contributed by atoms with Gasteiger partial charge in [0.15, 0.2) is 5.13 Å². The summed E-state index contributed by atoms with van der Waals surface area (Å²) in [6.07, 6.45) is 2.55. The summed E-state index contributed by atoms with van der Waals surface area (Å²) in [6.45, 7) is 7.26. The highest BCUT2D eigenvalue weighted by atomic mass is 32.1. The number of thiazole rings is 1. The predicted molar refractivity (Wildman–Crippen MR) is 83.2 cm³/mol. The second-order valence-corrected chi connectivity index (χ2v) is 6.21. The van der Waals surface area contributed by atoms with Crippen LogP contribution in [0.25, 0.3) is 0 Å². The Kier molecular flexibility index (Phi) is 5.51. The summed E-state index contributed by atoms with van der Waals surface area (Å²) in [7, 11) is 2.13. The van der Waals surface area contributed by atoms with Gasteiger partial charge in [-0.05, 0) is 33.4 Å². The van der Waals surface area contributed by atoms with Crippen molar-refractivity contribution in [3.8, 4) is 0 Å². The molecule has 112 valence electrons. The lowest BCUT2D eigenvalue weighted by molar-refractivity contribution is -0.116. The molecule has 1 aliphatic heterocycles. The molecule has 1 aromatic rings. The second kappa shape index (κ2) is 7.15. The lowest BCUT2D eigenvalue weighted by atomic mass is 10.2. The van der Waals surface area contributed by atoms with Crippen molar-refractivity contribution >= 4 is 22.4 Å². The van der Waals surface area contributed by atoms with Crippen LogP contribution in [-0.4, -0.2) is 48.5 Å². The first-order valence-corrected chi connectivity index (χ1v) is 8.12. The topological polar surface area (TPSA) is 48.5 Å². The van der Waals surface area contributed by atoms with Crippen LogP contribution in [0.3, 0.4) is 0 Å². The Bertz CT molecular complexity index is 442. The van der Waals surface area contributed by atoms with Crippen LogP contribution in [0.15, 0.2) is 5.38 Å². The van der Waals surface area contributed by atoms with E-state index in [9.17, 15) is 4.79 Å². The van der Waals surface area contributed by atoms with E-state index in [1.807, 2.05) is 6.92 Å². The summed E-state index contributed by atoms with van der Waals surface area (Å²) in [5.74, 6) is 0.0527. The Hall–Kier alpha value is -0.980. The van der Waals surface area contributed by atoms with E-state index < -0.39 is 0 Å². The maximum Gasteiger partial charge on any atom is 0.225 e. The minimum atomic E-state index is 0.0527. The summed E-state index contributed by atoms with van der Waals surface area (Å²) in [6, 6.07) is 0.613. The fraction of sp³-hybridized carbons (Fsp3) is 0.714. The molecule has 6 heteroatoms. The molecule has 5 nitrogen and oxygen atoms in total. The molecule has 0 aromatic carbocycles. The van der Waals surface area contributed by atoms with E-state index in [1.165, 1.54) is 12.8 Å². The van der Waals surface area contributed by atoms with E-state index in [2.05, 4.69) is 27.6 Å². The van der Waals surface area contributed by atoms with Crippen LogP contribution < -0.4 is 10.2 Å². The van der Waals surface area contributed by atoms with Crippen LogP contribution in [-0.2, 0) is 11.3 Å². The van der Waals surface area contributed by atoms with Crippen LogP contribution in [0.1, 0.15) is 32.4 Å². The normalized spacial score (nSPS) is 18.7. The van der Waals surface area contributed by atoms with Gasteiger partial charge in [0.1, 0.15) is 0 Å². The van der Waals surface area contributed by atoms with E-state index in [0.29, 0.717) is 12.6 Å². The quantitative estimate of drug-likeness (QED) is 0.868. The third kappa shape index (κ3) is 4.01. The van der Waals surface area contributed by atoms with Crippen molar-refractivity contribution in [3.05, 3.63) is 11.1 Å². The number of anilines is 1. The monoisotopic (exact) mass is 296 g/mol. The molecule has 1 N–H and O–H groups in total. The van der Waals surface area contributed by atoms with Crippen molar-refractivity contribution in [3.63, 3.8) is 0 Å². The number of aromatic nitrogens is 1. The number of hydrogen-bond acceptors (Lipinski definition) is 5. The zero-order valence-corrected chi connectivity index (χ0v) is 13.4. The van der Waals surface area contributed by atoms with Crippen molar-refractivity contribution in [1.29, 1.82) is 0 Å². The fourth-order valence-electron chi connectivity index (χ4n) is 2.62. The zero-order chi connectivity index (χ0) is 14.5. The number of carbonyl (C=O) groups excluding carboxylic acids is 1. The van der Waals surface area contributed by atoms with E-state index in [4.69, 9.17) is 0 Å². The predicted octanol–water partition coefficient (Wildman–Crippen LogP) is 1.70. The van der Waals surface area contributed by atoms with Gasteiger partial charge in [0, 0.05) is 38.0 Å². The number of amides is 1. The molecular formula is C14H24N4OS. The van der Waals surface area contributed by atoms with Crippen LogP contribution in [0, 0.1) is 0 Å². The summed E-state index contributed by atoms with van der Waals surface area (Å²) < 4.78 is 0. The first-order valence-electron chi connectivity index (χ1n) is 7.24. The van der Waals surface area contributed by atoms with Gasteiger partial charge in [0.2, 0.25) is 5.91 Å². The Morgan fingerprint density at radius 1 is 1.60 bits per heavy atom. The van der Waals surface area contributed by atoms with Gasteiger partial charge >= 0.3 is 0 Å². The van der Waals surface area contributed by atoms with Gasteiger partial charge in [-0.1, -0.05) is 0 Å². The second-order valence-electron chi connectivity index (χ2n) is 5.37. The number of nitrogens with zero attached hydrogens (tertiary/aromatic N) is 3. The summed E-state index contributed by atoms with van der Waals surface area (Å²) in [5.41, 5.74) is 1.05. The van der Waals surface area contributed by atoms with Crippen LogP contribution in [0.2, 0.25) is 0 Å². The molecule has 1 amide bonds. The number of rotatable bonds is 6. The van der Waals surface area contributed by atoms with Gasteiger partial charge in [0.25, 0.3) is 0 Å². The SMILES string of the molecule is CCN(C(C)=O)c1nc(CN(C)CC2CCCN2)cs1. The highest BCUT2D eigenvalue weighted by Gasteiger charge is 2.17. The Morgan fingerprint density at radius 2 is 2.40 bits per heavy atom. The van der Waals surface area contributed by atoms with Crippen molar-refractivity contribution in [1.82, 2.24) is 15.2 Å². The first kappa shape index (κ1) is 15.4. The van der Waals surface area contributed by atoms with Gasteiger partial charge in [-0.15, -0.1) is 11.3 Å². The van der Waals surface area contributed by atoms with E-state index in [1.54, 1.807) is 23.2 Å². The molecular weight excluding hydrogens is 272 g/mol. The molecule has 1 atom stereocenters. The van der Waals surface area contributed by atoms with Crippen LogP contribution >= 0.6 is 11.3 Å². The molecule has 20 heavy (non-hydrogen) atoms. The Labute approximate surface area is 125 Å². The molecule has 0 aliphatic carbocycles.